The van der Waals surface area contributed by atoms with Crippen LogP contribution >= 0.6 is 0 Å². The van der Waals surface area contributed by atoms with Crippen molar-refractivity contribution in [3.63, 3.8) is 0 Å². The molecule has 1 aromatic carbocycles. The minimum Gasteiger partial charge on any atom is -0.388 e. The molecule has 0 bridgehead atoms. The van der Waals surface area contributed by atoms with Crippen LogP contribution < -0.4 is 5.32 Å². The molecule has 2 N–H and O–H groups in total. The molecular weight excluding hydrogens is 202 g/mol. The number of rotatable bonds is 5. The molecule has 1 rings (SSSR count). The van der Waals surface area contributed by atoms with E-state index in [1.165, 1.54) is 6.92 Å². The average molecular weight is 221 g/mol. The van der Waals surface area contributed by atoms with Gasteiger partial charge in [0.1, 0.15) is 0 Å². The summed E-state index contributed by atoms with van der Waals surface area (Å²) in [6, 6.07) is 9.54. The summed E-state index contributed by atoms with van der Waals surface area (Å²) in [7, 11) is 0. The predicted octanol–water partition coefficient (Wildman–Crippen LogP) is 2.02. The van der Waals surface area contributed by atoms with Gasteiger partial charge in [-0.2, -0.15) is 0 Å². The standard InChI is InChI=1S/C13H19NO2/c1-3-12(14-10(2)15)9-13(16)11-7-5-4-6-8-11/h4-8,12-13,16H,3,9H2,1-2H3,(H,14,15)/t12-,13-/m1/s1. The van der Waals surface area contributed by atoms with Crippen molar-refractivity contribution in [1.29, 1.82) is 0 Å². The SMILES string of the molecule is CC[C@H](C[C@@H](O)c1ccccc1)NC(C)=O. The van der Waals surface area contributed by atoms with Gasteiger partial charge in [0.15, 0.2) is 0 Å². The summed E-state index contributed by atoms with van der Waals surface area (Å²) in [6.45, 7) is 3.50. The van der Waals surface area contributed by atoms with Crippen LogP contribution in [0.25, 0.3) is 0 Å². The zero-order valence-corrected chi connectivity index (χ0v) is 9.81. The van der Waals surface area contributed by atoms with E-state index in [0.717, 1.165) is 12.0 Å². The van der Waals surface area contributed by atoms with Crippen molar-refractivity contribution >= 4 is 5.91 Å². The molecule has 0 heterocycles. The summed E-state index contributed by atoms with van der Waals surface area (Å²) in [5, 5.41) is 12.8. The van der Waals surface area contributed by atoms with Crippen LogP contribution in [0, 0.1) is 0 Å². The molecule has 88 valence electrons. The molecule has 0 aliphatic heterocycles. The third-order valence-electron chi connectivity index (χ3n) is 2.59. The Bertz CT molecular complexity index is 324. The van der Waals surface area contributed by atoms with Crippen molar-refractivity contribution in [2.75, 3.05) is 0 Å². The molecule has 1 amide bonds. The van der Waals surface area contributed by atoms with Gasteiger partial charge in [-0.25, -0.2) is 0 Å². The maximum atomic E-state index is 10.9. The van der Waals surface area contributed by atoms with E-state index in [4.69, 9.17) is 0 Å². The minimum absolute atomic E-state index is 0.0349. The van der Waals surface area contributed by atoms with Crippen molar-refractivity contribution in [1.82, 2.24) is 5.32 Å². The Morgan fingerprint density at radius 1 is 1.38 bits per heavy atom. The highest BCUT2D eigenvalue weighted by molar-refractivity contribution is 5.73. The molecular formula is C13H19NO2. The van der Waals surface area contributed by atoms with Crippen molar-refractivity contribution < 1.29 is 9.90 Å². The van der Waals surface area contributed by atoms with Crippen LogP contribution in [-0.2, 0) is 4.79 Å². The summed E-state index contributed by atoms with van der Waals surface area (Å²) < 4.78 is 0. The molecule has 0 radical (unpaired) electrons. The van der Waals surface area contributed by atoms with Gasteiger partial charge in [0.2, 0.25) is 5.91 Å². The Morgan fingerprint density at radius 2 is 2.00 bits per heavy atom. The zero-order chi connectivity index (χ0) is 12.0. The van der Waals surface area contributed by atoms with E-state index in [1.54, 1.807) is 0 Å². The van der Waals surface area contributed by atoms with Gasteiger partial charge in [-0.15, -0.1) is 0 Å². The van der Waals surface area contributed by atoms with Crippen molar-refractivity contribution in [2.45, 2.75) is 38.8 Å². The number of carbonyl (C=O) groups is 1. The molecule has 3 heteroatoms. The van der Waals surface area contributed by atoms with Gasteiger partial charge in [0, 0.05) is 13.0 Å². The van der Waals surface area contributed by atoms with E-state index in [9.17, 15) is 9.90 Å². The number of nitrogens with one attached hydrogen (secondary N) is 1. The van der Waals surface area contributed by atoms with Crippen molar-refractivity contribution in [3.8, 4) is 0 Å². The molecule has 3 nitrogen and oxygen atoms in total. The van der Waals surface area contributed by atoms with E-state index in [-0.39, 0.29) is 11.9 Å². The molecule has 0 aliphatic carbocycles. The first-order valence-electron chi connectivity index (χ1n) is 5.63. The van der Waals surface area contributed by atoms with Crippen molar-refractivity contribution in [3.05, 3.63) is 35.9 Å². The van der Waals surface area contributed by atoms with Crippen LogP contribution in [0.1, 0.15) is 38.4 Å². The smallest absolute Gasteiger partial charge is 0.217 e. The molecule has 0 fully saturated rings. The lowest BCUT2D eigenvalue weighted by Gasteiger charge is -2.19. The lowest BCUT2D eigenvalue weighted by molar-refractivity contribution is -0.119. The maximum absolute atomic E-state index is 10.9. The van der Waals surface area contributed by atoms with Crippen LogP contribution in [0.4, 0.5) is 0 Å². The fourth-order valence-corrected chi connectivity index (χ4v) is 1.70. The highest BCUT2D eigenvalue weighted by Crippen LogP contribution is 2.18. The Labute approximate surface area is 96.5 Å². The van der Waals surface area contributed by atoms with E-state index >= 15 is 0 Å². The van der Waals surface area contributed by atoms with Gasteiger partial charge in [-0.05, 0) is 18.4 Å². The number of aliphatic hydroxyl groups is 1. The quantitative estimate of drug-likeness (QED) is 0.799. The summed E-state index contributed by atoms with van der Waals surface area (Å²) in [5.74, 6) is -0.0490. The fourth-order valence-electron chi connectivity index (χ4n) is 1.70. The molecule has 0 saturated heterocycles. The summed E-state index contributed by atoms with van der Waals surface area (Å²) in [4.78, 5) is 10.9. The van der Waals surface area contributed by atoms with Gasteiger partial charge in [-0.1, -0.05) is 37.3 Å². The third kappa shape index (κ3) is 4.03. The van der Waals surface area contributed by atoms with E-state index < -0.39 is 6.10 Å². The first kappa shape index (κ1) is 12.7. The lowest BCUT2D eigenvalue weighted by atomic mass is 10.0. The largest absolute Gasteiger partial charge is 0.388 e. The fraction of sp³-hybridized carbons (Fsp3) is 0.462. The summed E-state index contributed by atoms with van der Waals surface area (Å²) in [5.41, 5.74) is 0.895. The van der Waals surface area contributed by atoms with Crippen molar-refractivity contribution in [2.24, 2.45) is 0 Å². The van der Waals surface area contributed by atoms with E-state index in [0.29, 0.717) is 6.42 Å². The molecule has 0 aliphatic rings. The number of aliphatic hydroxyl groups excluding tert-OH is 1. The summed E-state index contributed by atoms with van der Waals surface area (Å²) in [6.07, 6.45) is 0.863. The van der Waals surface area contributed by atoms with Crippen LogP contribution in [0.15, 0.2) is 30.3 Å². The average Bonchev–Trinajstić information content (AvgIpc) is 2.28. The Balaban J connectivity index is 2.55. The Morgan fingerprint density at radius 3 is 2.50 bits per heavy atom. The Kier molecular flexibility index (Phi) is 4.99. The summed E-state index contributed by atoms with van der Waals surface area (Å²) >= 11 is 0. The molecule has 1 aromatic rings. The monoisotopic (exact) mass is 221 g/mol. The van der Waals surface area contributed by atoms with Crippen LogP contribution in [0.2, 0.25) is 0 Å². The van der Waals surface area contributed by atoms with Crippen LogP contribution in [0.3, 0.4) is 0 Å². The molecule has 0 saturated carbocycles. The lowest BCUT2D eigenvalue weighted by Crippen LogP contribution is -2.33. The molecule has 0 aromatic heterocycles. The second kappa shape index (κ2) is 6.28. The maximum Gasteiger partial charge on any atom is 0.217 e. The van der Waals surface area contributed by atoms with Crippen LogP contribution in [0.5, 0.6) is 0 Å². The first-order chi connectivity index (χ1) is 7.63. The first-order valence-corrected chi connectivity index (χ1v) is 5.63. The highest BCUT2D eigenvalue weighted by atomic mass is 16.3. The van der Waals surface area contributed by atoms with Gasteiger partial charge in [-0.3, -0.25) is 4.79 Å². The van der Waals surface area contributed by atoms with E-state index in [1.807, 2.05) is 37.3 Å². The minimum atomic E-state index is -0.516. The molecule has 16 heavy (non-hydrogen) atoms. The molecule has 2 atom stereocenters. The second-order valence-electron chi connectivity index (χ2n) is 3.97. The van der Waals surface area contributed by atoms with Gasteiger partial charge in [0.25, 0.3) is 0 Å². The number of hydrogen-bond acceptors (Lipinski definition) is 2. The zero-order valence-electron chi connectivity index (χ0n) is 9.81. The highest BCUT2D eigenvalue weighted by Gasteiger charge is 2.14. The normalized spacial score (nSPS) is 14.2. The van der Waals surface area contributed by atoms with Gasteiger partial charge in [0.05, 0.1) is 6.10 Å². The predicted molar refractivity (Wildman–Crippen MR) is 63.9 cm³/mol. The number of hydrogen-bond donors (Lipinski definition) is 2. The molecule has 0 spiro atoms. The number of benzene rings is 1. The second-order valence-corrected chi connectivity index (χ2v) is 3.97. The van der Waals surface area contributed by atoms with Gasteiger partial charge < -0.3 is 10.4 Å². The third-order valence-corrected chi connectivity index (χ3v) is 2.59. The Hall–Kier alpha value is -1.35. The molecule has 0 unspecified atom stereocenters. The van der Waals surface area contributed by atoms with Gasteiger partial charge >= 0.3 is 0 Å². The van der Waals surface area contributed by atoms with E-state index in [2.05, 4.69) is 5.32 Å². The number of amides is 1. The number of carbonyl (C=O) groups excluding carboxylic acids is 1. The topological polar surface area (TPSA) is 49.3 Å². The van der Waals surface area contributed by atoms with Crippen LogP contribution in [-0.4, -0.2) is 17.1 Å².